The number of benzene rings is 1. The van der Waals surface area contributed by atoms with Crippen LogP contribution in [-0.2, 0) is 16.1 Å². The molecule has 1 unspecified atom stereocenters. The van der Waals surface area contributed by atoms with Crippen LogP contribution in [0.2, 0.25) is 0 Å². The van der Waals surface area contributed by atoms with Crippen LogP contribution in [-0.4, -0.2) is 46.8 Å². The summed E-state index contributed by atoms with van der Waals surface area (Å²) in [5.74, 6) is 0.0445. The molecule has 0 aliphatic carbocycles. The molecule has 6 heteroatoms. The maximum absolute atomic E-state index is 12.1. The Balaban J connectivity index is 1.47. The monoisotopic (exact) mass is 328 g/mol. The van der Waals surface area contributed by atoms with Crippen molar-refractivity contribution in [2.75, 3.05) is 31.6 Å². The number of aryl methyl sites for hydroxylation is 1. The van der Waals surface area contributed by atoms with Gasteiger partial charge in [-0.1, -0.05) is 18.2 Å². The summed E-state index contributed by atoms with van der Waals surface area (Å²) in [5, 5.41) is 7.24. The lowest BCUT2D eigenvalue weighted by molar-refractivity contribution is -0.117. The van der Waals surface area contributed by atoms with Crippen molar-refractivity contribution in [3.63, 3.8) is 0 Å². The van der Waals surface area contributed by atoms with E-state index in [1.165, 1.54) is 0 Å². The van der Waals surface area contributed by atoms with Crippen LogP contribution in [0.3, 0.4) is 0 Å². The molecule has 1 fully saturated rings. The highest BCUT2D eigenvalue weighted by molar-refractivity contribution is 5.90. The summed E-state index contributed by atoms with van der Waals surface area (Å²) >= 11 is 0. The molecule has 3 rings (SSSR count). The molecule has 1 N–H and O–H groups in total. The number of aromatic nitrogens is 2. The van der Waals surface area contributed by atoms with E-state index in [0.717, 1.165) is 37.4 Å². The molecular weight excluding hydrogens is 304 g/mol. The van der Waals surface area contributed by atoms with Crippen LogP contribution in [0.5, 0.6) is 0 Å². The fourth-order valence-corrected chi connectivity index (χ4v) is 2.83. The molecule has 1 aromatic carbocycles. The molecule has 1 atom stereocenters. The van der Waals surface area contributed by atoms with E-state index in [9.17, 15) is 4.79 Å². The predicted molar refractivity (Wildman–Crippen MR) is 92.7 cm³/mol. The molecule has 1 aromatic heterocycles. The van der Waals surface area contributed by atoms with Gasteiger partial charge in [0.1, 0.15) is 0 Å². The van der Waals surface area contributed by atoms with Gasteiger partial charge in [-0.15, -0.1) is 0 Å². The molecule has 2 aromatic rings. The fraction of sp³-hybridized carbons (Fsp3) is 0.444. The molecule has 1 aliphatic rings. The Bertz CT molecular complexity index is 656. The second-order valence-corrected chi connectivity index (χ2v) is 5.95. The highest BCUT2D eigenvalue weighted by atomic mass is 16.5. The van der Waals surface area contributed by atoms with E-state index in [1.54, 1.807) is 0 Å². The summed E-state index contributed by atoms with van der Waals surface area (Å²) in [5.41, 5.74) is 1.95. The van der Waals surface area contributed by atoms with Crippen molar-refractivity contribution in [3.8, 4) is 0 Å². The van der Waals surface area contributed by atoms with E-state index < -0.39 is 0 Å². The first-order valence-electron chi connectivity index (χ1n) is 8.46. The van der Waals surface area contributed by atoms with Crippen LogP contribution in [0.15, 0.2) is 42.7 Å². The van der Waals surface area contributed by atoms with Crippen molar-refractivity contribution in [1.29, 1.82) is 0 Å². The summed E-state index contributed by atoms with van der Waals surface area (Å²) < 4.78 is 7.77. The molecule has 24 heavy (non-hydrogen) atoms. The molecule has 6 nitrogen and oxygen atoms in total. The summed E-state index contributed by atoms with van der Waals surface area (Å²) in [6.45, 7) is 6.00. The molecular formula is C18H24N4O2. The van der Waals surface area contributed by atoms with Gasteiger partial charge >= 0.3 is 0 Å². The average molecular weight is 328 g/mol. The number of ether oxygens (including phenoxy) is 1. The van der Waals surface area contributed by atoms with E-state index >= 15 is 0 Å². The number of morpholine rings is 1. The van der Waals surface area contributed by atoms with Gasteiger partial charge in [0.2, 0.25) is 5.91 Å². The molecule has 0 spiro atoms. The molecule has 0 radical (unpaired) electrons. The first-order valence-corrected chi connectivity index (χ1v) is 8.46. The van der Waals surface area contributed by atoms with Crippen molar-refractivity contribution in [1.82, 2.24) is 14.7 Å². The Morgan fingerprint density at radius 2 is 2.21 bits per heavy atom. The van der Waals surface area contributed by atoms with Gasteiger partial charge in [0.15, 0.2) is 0 Å². The van der Waals surface area contributed by atoms with Crippen molar-refractivity contribution in [2.24, 2.45) is 0 Å². The van der Waals surface area contributed by atoms with Crippen LogP contribution in [0.1, 0.15) is 25.0 Å². The third kappa shape index (κ3) is 4.43. The number of hydrogen-bond donors (Lipinski definition) is 1. The molecule has 1 saturated heterocycles. The van der Waals surface area contributed by atoms with Crippen molar-refractivity contribution in [2.45, 2.75) is 26.0 Å². The smallest absolute Gasteiger partial charge is 0.225 e. The van der Waals surface area contributed by atoms with Gasteiger partial charge in [-0.3, -0.25) is 14.4 Å². The van der Waals surface area contributed by atoms with Crippen LogP contribution in [0, 0.1) is 0 Å². The summed E-state index contributed by atoms with van der Waals surface area (Å²) in [7, 11) is 0. The first kappa shape index (κ1) is 16.7. The second kappa shape index (κ2) is 8.08. The second-order valence-electron chi connectivity index (χ2n) is 5.95. The number of carbonyl (C=O) groups is 1. The maximum atomic E-state index is 12.1. The number of amides is 1. The number of carbonyl (C=O) groups excluding carboxylic acids is 1. The summed E-state index contributed by atoms with van der Waals surface area (Å²) in [6.07, 6.45) is 4.43. The minimum absolute atomic E-state index is 0.0382. The van der Waals surface area contributed by atoms with Gasteiger partial charge in [-0.2, -0.15) is 5.10 Å². The van der Waals surface area contributed by atoms with Crippen molar-refractivity contribution < 1.29 is 9.53 Å². The number of hydrogen-bond acceptors (Lipinski definition) is 4. The Morgan fingerprint density at radius 3 is 2.96 bits per heavy atom. The lowest BCUT2D eigenvalue weighted by atomic mass is 10.1. The van der Waals surface area contributed by atoms with Crippen LogP contribution < -0.4 is 5.32 Å². The fourth-order valence-electron chi connectivity index (χ4n) is 2.83. The van der Waals surface area contributed by atoms with Crippen LogP contribution in [0.4, 0.5) is 5.69 Å². The van der Waals surface area contributed by atoms with E-state index in [0.29, 0.717) is 13.0 Å². The highest BCUT2D eigenvalue weighted by Gasteiger charge is 2.23. The number of para-hydroxylation sites is 1. The number of nitrogens with one attached hydrogen (secondary N) is 1. The van der Waals surface area contributed by atoms with Crippen LogP contribution >= 0.6 is 0 Å². The third-order valence-electron chi connectivity index (χ3n) is 4.21. The Morgan fingerprint density at radius 1 is 1.38 bits per heavy atom. The van der Waals surface area contributed by atoms with E-state index in [4.69, 9.17) is 4.74 Å². The standard InChI is InChI=1S/C18H24N4O2/c1-2-22-13-15(12-19-22)17-14-21(10-11-24-17)9-8-18(23)20-16-6-4-3-5-7-16/h3-7,12-13,17H,2,8-11,14H2,1H3,(H,20,23). The lowest BCUT2D eigenvalue weighted by Gasteiger charge is -2.32. The molecule has 128 valence electrons. The van der Waals surface area contributed by atoms with Gasteiger partial charge in [-0.25, -0.2) is 0 Å². The molecule has 0 bridgehead atoms. The number of rotatable bonds is 6. The zero-order valence-electron chi connectivity index (χ0n) is 14.0. The van der Waals surface area contributed by atoms with Gasteiger partial charge in [0.05, 0.1) is 18.9 Å². The summed E-state index contributed by atoms with van der Waals surface area (Å²) in [6, 6.07) is 9.56. The number of nitrogens with zero attached hydrogens (tertiary/aromatic N) is 3. The summed E-state index contributed by atoms with van der Waals surface area (Å²) in [4.78, 5) is 14.3. The minimum atomic E-state index is 0.0382. The van der Waals surface area contributed by atoms with Gasteiger partial charge in [-0.05, 0) is 19.1 Å². The SMILES string of the molecule is CCn1cc(C2CN(CCC(=O)Nc3ccccc3)CCO2)cn1. The van der Waals surface area contributed by atoms with E-state index in [2.05, 4.69) is 22.2 Å². The van der Waals surface area contributed by atoms with Crippen molar-refractivity contribution in [3.05, 3.63) is 48.3 Å². The van der Waals surface area contributed by atoms with E-state index in [1.807, 2.05) is 47.4 Å². The maximum Gasteiger partial charge on any atom is 0.225 e. The third-order valence-corrected chi connectivity index (χ3v) is 4.21. The topological polar surface area (TPSA) is 59.4 Å². The quantitative estimate of drug-likeness (QED) is 0.884. The normalized spacial score (nSPS) is 18.5. The zero-order valence-corrected chi connectivity index (χ0v) is 14.0. The Hall–Kier alpha value is -2.18. The molecule has 2 heterocycles. The predicted octanol–water partition coefficient (Wildman–Crippen LogP) is 2.31. The molecule has 1 amide bonds. The van der Waals surface area contributed by atoms with E-state index in [-0.39, 0.29) is 12.0 Å². The highest BCUT2D eigenvalue weighted by Crippen LogP contribution is 2.21. The van der Waals surface area contributed by atoms with Gasteiger partial charge in [0.25, 0.3) is 0 Å². The van der Waals surface area contributed by atoms with Crippen molar-refractivity contribution >= 4 is 11.6 Å². The Labute approximate surface area is 142 Å². The largest absolute Gasteiger partial charge is 0.371 e. The average Bonchev–Trinajstić information content (AvgIpc) is 3.10. The minimum Gasteiger partial charge on any atom is -0.371 e. The van der Waals surface area contributed by atoms with Gasteiger partial charge < -0.3 is 10.1 Å². The molecule has 1 aliphatic heterocycles. The first-order chi connectivity index (χ1) is 11.7. The van der Waals surface area contributed by atoms with Gasteiger partial charge in [0, 0.05) is 50.0 Å². The Kier molecular flexibility index (Phi) is 5.61. The number of anilines is 1. The van der Waals surface area contributed by atoms with Crippen LogP contribution in [0.25, 0.3) is 0 Å². The lowest BCUT2D eigenvalue weighted by Crippen LogP contribution is -2.39. The zero-order chi connectivity index (χ0) is 16.8. The molecule has 0 saturated carbocycles.